The summed E-state index contributed by atoms with van der Waals surface area (Å²) in [4.78, 5) is 31.9. The van der Waals surface area contributed by atoms with Crippen molar-refractivity contribution < 1.29 is 14.3 Å². The number of ether oxygens (including phenoxy) is 2. The zero-order chi connectivity index (χ0) is 27.5. The second-order valence-corrected chi connectivity index (χ2v) is 11.6. The highest BCUT2D eigenvalue weighted by atomic mass is 79.9. The van der Waals surface area contributed by atoms with Crippen LogP contribution in [0.25, 0.3) is 6.08 Å². The van der Waals surface area contributed by atoms with Crippen LogP contribution in [0.1, 0.15) is 36.1 Å². The maximum absolute atomic E-state index is 13.8. The van der Waals surface area contributed by atoms with E-state index in [1.807, 2.05) is 85.8 Å². The number of halogens is 2. The summed E-state index contributed by atoms with van der Waals surface area (Å²) in [6.07, 6.45) is 2.37. The minimum absolute atomic E-state index is 0.212. The van der Waals surface area contributed by atoms with E-state index in [2.05, 4.69) is 31.9 Å². The average molecular weight is 668 g/mol. The van der Waals surface area contributed by atoms with Gasteiger partial charge in [-0.1, -0.05) is 82.7 Å². The van der Waals surface area contributed by atoms with Crippen molar-refractivity contribution in [2.75, 3.05) is 7.11 Å². The summed E-state index contributed by atoms with van der Waals surface area (Å²) in [6, 6.07) is 22.6. The van der Waals surface area contributed by atoms with Gasteiger partial charge in [-0.3, -0.25) is 9.36 Å². The predicted octanol–water partition coefficient (Wildman–Crippen LogP) is 5.90. The lowest BCUT2D eigenvalue weighted by atomic mass is 9.95. The van der Waals surface area contributed by atoms with E-state index >= 15 is 0 Å². The lowest BCUT2D eigenvalue weighted by Gasteiger charge is -2.25. The van der Waals surface area contributed by atoms with Crippen LogP contribution in [0.5, 0.6) is 5.75 Å². The number of methoxy groups -OCH3 is 1. The van der Waals surface area contributed by atoms with Crippen molar-refractivity contribution in [2.45, 2.75) is 26.0 Å². The Bertz CT molecular complexity index is 1740. The van der Waals surface area contributed by atoms with Gasteiger partial charge in [-0.15, -0.1) is 0 Å². The summed E-state index contributed by atoms with van der Waals surface area (Å²) in [5.41, 5.74) is 3.51. The average Bonchev–Trinajstić information content (AvgIpc) is 3.26. The molecule has 0 bridgehead atoms. The molecule has 0 aliphatic carbocycles. The third kappa shape index (κ3) is 5.71. The van der Waals surface area contributed by atoms with E-state index in [0.29, 0.717) is 39.4 Å². The fourth-order valence-corrected chi connectivity index (χ4v) is 6.23. The van der Waals surface area contributed by atoms with Crippen molar-refractivity contribution in [1.82, 2.24) is 4.57 Å². The Kier molecular flexibility index (Phi) is 8.30. The van der Waals surface area contributed by atoms with Gasteiger partial charge >= 0.3 is 5.97 Å². The van der Waals surface area contributed by atoms with Crippen molar-refractivity contribution in [2.24, 2.45) is 4.99 Å². The second-order valence-electron chi connectivity index (χ2n) is 8.80. The molecule has 0 saturated heterocycles. The van der Waals surface area contributed by atoms with Crippen molar-refractivity contribution in [3.05, 3.63) is 129 Å². The van der Waals surface area contributed by atoms with Crippen molar-refractivity contribution in [3.63, 3.8) is 0 Å². The molecule has 39 heavy (non-hydrogen) atoms. The van der Waals surface area contributed by atoms with E-state index in [1.165, 1.54) is 18.4 Å². The number of nitrogens with zero attached hydrogens (tertiary/aromatic N) is 2. The molecule has 0 amide bonds. The fraction of sp³-hybridized carbons (Fsp3) is 0.167. The molecule has 0 N–H and O–H groups in total. The number of carbonyl (C=O) groups excluding carboxylic acids is 1. The van der Waals surface area contributed by atoms with Crippen molar-refractivity contribution in [1.29, 1.82) is 0 Å². The maximum atomic E-state index is 13.8. The van der Waals surface area contributed by atoms with Gasteiger partial charge in [0, 0.05) is 4.47 Å². The molecule has 1 aliphatic heterocycles. The Morgan fingerprint density at radius 2 is 1.82 bits per heavy atom. The first-order chi connectivity index (χ1) is 18.9. The molecule has 3 aromatic carbocycles. The molecule has 0 spiro atoms. The van der Waals surface area contributed by atoms with Gasteiger partial charge in [-0.25, -0.2) is 9.79 Å². The molecular weight excluding hydrogens is 644 g/mol. The van der Waals surface area contributed by atoms with Gasteiger partial charge in [0.05, 0.1) is 33.4 Å². The van der Waals surface area contributed by atoms with Crippen LogP contribution in [-0.4, -0.2) is 17.6 Å². The van der Waals surface area contributed by atoms with E-state index in [1.54, 1.807) is 4.57 Å². The molecule has 6 nitrogen and oxygen atoms in total. The molecule has 4 aromatic rings. The number of allylic oxidation sites excluding steroid dienone is 1. The first-order valence-electron chi connectivity index (χ1n) is 12.2. The monoisotopic (exact) mass is 666 g/mol. The number of hydrogen-bond acceptors (Lipinski definition) is 6. The molecule has 1 aliphatic rings. The second kappa shape index (κ2) is 11.9. The number of esters is 1. The highest BCUT2D eigenvalue weighted by Crippen LogP contribution is 2.32. The molecule has 1 aromatic heterocycles. The summed E-state index contributed by atoms with van der Waals surface area (Å²) in [5, 5.41) is 0. The van der Waals surface area contributed by atoms with E-state index in [4.69, 9.17) is 14.5 Å². The van der Waals surface area contributed by atoms with E-state index in [-0.39, 0.29) is 5.56 Å². The number of benzene rings is 3. The smallest absolute Gasteiger partial charge is 0.338 e. The Morgan fingerprint density at radius 1 is 1.08 bits per heavy atom. The first kappa shape index (κ1) is 27.3. The Labute approximate surface area is 246 Å². The quantitative estimate of drug-likeness (QED) is 0.230. The highest BCUT2D eigenvalue weighted by molar-refractivity contribution is 9.10. The third-order valence-electron chi connectivity index (χ3n) is 6.33. The van der Waals surface area contributed by atoms with Crippen molar-refractivity contribution >= 4 is 55.2 Å². The molecule has 5 rings (SSSR count). The lowest BCUT2D eigenvalue weighted by Crippen LogP contribution is -2.40. The molecule has 198 valence electrons. The normalized spacial score (nSPS) is 15.1. The summed E-state index contributed by atoms with van der Waals surface area (Å²) in [5.74, 6) is 0.220. The molecule has 2 heterocycles. The van der Waals surface area contributed by atoms with Crippen LogP contribution in [0.4, 0.5) is 0 Å². The van der Waals surface area contributed by atoms with Crippen LogP contribution >= 0.6 is 43.2 Å². The number of fused-ring (bicyclic) bond motifs is 1. The third-order valence-corrected chi connectivity index (χ3v) is 8.46. The SMILES string of the molecule is CCC1=C(C(=O)OC)[C@@H](c2ccccc2)n2c(s/c(=C\c3ccc(OCc4ccc(Br)cc4)c(Br)c3)c2=O)=N1. The van der Waals surface area contributed by atoms with E-state index in [9.17, 15) is 9.59 Å². The van der Waals surface area contributed by atoms with Crippen molar-refractivity contribution in [3.8, 4) is 5.75 Å². The minimum atomic E-state index is -0.617. The minimum Gasteiger partial charge on any atom is -0.488 e. The highest BCUT2D eigenvalue weighted by Gasteiger charge is 2.33. The van der Waals surface area contributed by atoms with Crippen LogP contribution in [0, 0.1) is 0 Å². The number of aromatic nitrogens is 1. The van der Waals surface area contributed by atoms with Crippen LogP contribution in [0.15, 0.2) is 103 Å². The number of hydrogen-bond donors (Lipinski definition) is 0. The predicted molar refractivity (Wildman–Crippen MR) is 159 cm³/mol. The summed E-state index contributed by atoms with van der Waals surface area (Å²) >= 11 is 8.35. The lowest BCUT2D eigenvalue weighted by molar-refractivity contribution is -0.136. The Hall–Kier alpha value is -3.27. The molecule has 0 saturated carbocycles. The van der Waals surface area contributed by atoms with Crippen LogP contribution in [0.3, 0.4) is 0 Å². The number of carbonyl (C=O) groups is 1. The largest absolute Gasteiger partial charge is 0.488 e. The Morgan fingerprint density at radius 3 is 2.49 bits per heavy atom. The zero-order valence-corrected chi connectivity index (χ0v) is 25.2. The van der Waals surface area contributed by atoms with Crippen LogP contribution in [-0.2, 0) is 16.1 Å². The van der Waals surface area contributed by atoms with Crippen LogP contribution in [0.2, 0.25) is 0 Å². The molecule has 1 atom stereocenters. The standard InChI is InChI=1S/C30H24Br2N2O4S/c1-3-23-26(29(36)37-2)27(20-7-5-4-6-8-20)34-28(35)25(39-30(34)33-23)16-19-11-14-24(22(32)15-19)38-17-18-9-12-21(31)13-10-18/h4-16,27H,3,17H2,1-2H3/b25-16-/t27-/m1/s1. The van der Waals surface area contributed by atoms with Gasteiger partial charge in [-0.05, 0) is 69.4 Å². The summed E-state index contributed by atoms with van der Waals surface area (Å²) < 4.78 is 15.0. The maximum Gasteiger partial charge on any atom is 0.338 e. The number of thiazole rings is 1. The van der Waals surface area contributed by atoms with E-state index < -0.39 is 12.0 Å². The van der Waals surface area contributed by atoms with Gasteiger partial charge in [0.15, 0.2) is 4.80 Å². The zero-order valence-electron chi connectivity index (χ0n) is 21.2. The number of rotatable bonds is 7. The first-order valence-corrected chi connectivity index (χ1v) is 14.6. The molecule has 0 unspecified atom stereocenters. The van der Waals surface area contributed by atoms with Gasteiger partial charge in [0.2, 0.25) is 0 Å². The summed E-state index contributed by atoms with van der Waals surface area (Å²) in [7, 11) is 1.35. The van der Waals surface area contributed by atoms with E-state index in [0.717, 1.165) is 25.6 Å². The topological polar surface area (TPSA) is 69.9 Å². The van der Waals surface area contributed by atoms with Gasteiger partial charge < -0.3 is 9.47 Å². The van der Waals surface area contributed by atoms with Gasteiger partial charge in [-0.2, -0.15) is 0 Å². The Balaban J connectivity index is 1.53. The van der Waals surface area contributed by atoms with Gasteiger partial charge in [0.1, 0.15) is 12.4 Å². The molecule has 9 heteroatoms. The summed E-state index contributed by atoms with van der Waals surface area (Å²) in [6.45, 7) is 2.38. The fourth-order valence-electron chi connectivity index (χ4n) is 4.43. The molecular formula is C30H24Br2N2O4S. The molecule has 0 radical (unpaired) electrons. The van der Waals surface area contributed by atoms with Gasteiger partial charge in [0.25, 0.3) is 5.56 Å². The molecule has 0 fully saturated rings. The van der Waals surface area contributed by atoms with Crippen LogP contribution < -0.4 is 19.6 Å².